The minimum atomic E-state index is 0. The topological polar surface area (TPSA) is 38.5 Å². The fourth-order valence-corrected chi connectivity index (χ4v) is 1.47. The van der Waals surface area contributed by atoms with E-state index < -0.39 is 0 Å². The number of ether oxygens (including phenoxy) is 1. The molecule has 0 spiro atoms. The monoisotopic (exact) mass is 244 g/mol. The summed E-state index contributed by atoms with van der Waals surface area (Å²) >= 11 is 0. The van der Waals surface area contributed by atoms with Crippen molar-refractivity contribution in [3.8, 4) is 0 Å². The van der Waals surface area contributed by atoms with Crippen LogP contribution in [0.5, 0.6) is 0 Å². The van der Waals surface area contributed by atoms with Crippen LogP contribution >= 0.6 is 12.4 Å². The minimum Gasteiger partial charge on any atom is -0.378 e. The van der Waals surface area contributed by atoms with E-state index in [-0.39, 0.29) is 12.4 Å². The second-order valence-corrected chi connectivity index (χ2v) is 3.32. The zero-order valence-corrected chi connectivity index (χ0v) is 10.6. The molecule has 4 heteroatoms. The van der Waals surface area contributed by atoms with Crippen LogP contribution < -0.4 is 10.6 Å². The van der Waals surface area contributed by atoms with Gasteiger partial charge in [-0.05, 0) is 19.1 Å². The van der Waals surface area contributed by atoms with Crippen LogP contribution in [0.3, 0.4) is 0 Å². The maximum Gasteiger partial charge on any atom is 0.0642 e. The molecule has 0 amide bonds. The van der Waals surface area contributed by atoms with Crippen molar-refractivity contribution < 1.29 is 4.74 Å². The van der Waals surface area contributed by atoms with E-state index in [4.69, 9.17) is 10.5 Å². The van der Waals surface area contributed by atoms with Gasteiger partial charge in [-0.3, -0.25) is 0 Å². The van der Waals surface area contributed by atoms with E-state index in [0.717, 1.165) is 19.7 Å². The normalized spacial score (nSPS) is 9.62. The first-order valence-corrected chi connectivity index (χ1v) is 5.46. The number of likely N-dealkylation sites (N-methyl/N-ethyl adjacent to an activating group) is 1. The number of hydrogen-bond acceptors (Lipinski definition) is 3. The van der Waals surface area contributed by atoms with Crippen LogP contribution in [0.1, 0.15) is 6.92 Å². The summed E-state index contributed by atoms with van der Waals surface area (Å²) < 4.78 is 5.37. The van der Waals surface area contributed by atoms with Crippen LogP contribution in [-0.2, 0) is 4.74 Å². The van der Waals surface area contributed by atoms with E-state index in [1.165, 1.54) is 5.69 Å². The first kappa shape index (κ1) is 15.2. The van der Waals surface area contributed by atoms with Crippen molar-refractivity contribution in [2.75, 3.05) is 37.7 Å². The number of rotatable bonds is 7. The van der Waals surface area contributed by atoms with Gasteiger partial charge < -0.3 is 15.4 Å². The summed E-state index contributed by atoms with van der Waals surface area (Å²) in [6, 6.07) is 10.4. The molecule has 3 nitrogen and oxygen atoms in total. The molecule has 1 rings (SSSR count). The molecule has 0 radical (unpaired) electrons. The molecule has 92 valence electrons. The van der Waals surface area contributed by atoms with Crippen molar-refractivity contribution in [3.63, 3.8) is 0 Å². The zero-order valence-electron chi connectivity index (χ0n) is 9.76. The van der Waals surface area contributed by atoms with Gasteiger partial charge in [-0.25, -0.2) is 0 Å². The summed E-state index contributed by atoms with van der Waals surface area (Å²) in [5.41, 5.74) is 6.60. The van der Waals surface area contributed by atoms with Gasteiger partial charge in [0.25, 0.3) is 0 Å². The highest BCUT2D eigenvalue weighted by Gasteiger charge is 2.02. The van der Waals surface area contributed by atoms with Crippen LogP contribution in [0.15, 0.2) is 30.3 Å². The molecule has 2 N–H and O–H groups in total. The van der Waals surface area contributed by atoms with Crippen molar-refractivity contribution in [1.82, 2.24) is 0 Å². The minimum absolute atomic E-state index is 0. The zero-order chi connectivity index (χ0) is 10.9. The third-order valence-corrected chi connectivity index (χ3v) is 2.27. The summed E-state index contributed by atoms with van der Waals surface area (Å²) in [6.45, 7) is 6.04. The SMILES string of the molecule is CCN(CCOCCN)c1ccccc1.Cl. The van der Waals surface area contributed by atoms with Crippen LogP contribution in [0, 0.1) is 0 Å². The lowest BCUT2D eigenvalue weighted by Gasteiger charge is -2.22. The van der Waals surface area contributed by atoms with Crippen LogP contribution in [0.4, 0.5) is 5.69 Å². The average Bonchev–Trinajstić information content (AvgIpc) is 2.30. The molecule has 0 aliphatic heterocycles. The lowest BCUT2D eigenvalue weighted by Crippen LogP contribution is -2.27. The molecule has 0 atom stereocenters. The first-order valence-electron chi connectivity index (χ1n) is 5.46. The van der Waals surface area contributed by atoms with Crippen LogP contribution in [0.25, 0.3) is 0 Å². The van der Waals surface area contributed by atoms with Crippen LogP contribution in [-0.4, -0.2) is 32.8 Å². The van der Waals surface area contributed by atoms with Crippen molar-refractivity contribution in [3.05, 3.63) is 30.3 Å². The van der Waals surface area contributed by atoms with Gasteiger partial charge >= 0.3 is 0 Å². The van der Waals surface area contributed by atoms with E-state index >= 15 is 0 Å². The maximum absolute atomic E-state index is 5.37. The van der Waals surface area contributed by atoms with E-state index in [2.05, 4.69) is 36.1 Å². The van der Waals surface area contributed by atoms with Gasteiger partial charge in [-0.15, -0.1) is 12.4 Å². The summed E-state index contributed by atoms with van der Waals surface area (Å²) in [6.07, 6.45) is 0. The summed E-state index contributed by atoms with van der Waals surface area (Å²) in [4.78, 5) is 2.29. The predicted molar refractivity (Wildman–Crippen MR) is 71.5 cm³/mol. The molecule has 0 heterocycles. The highest BCUT2D eigenvalue weighted by Crippen LogP contribution is 2.11. The summed E-state index contributed by atoms with van der Waals surface area (Å²) in [5.74, 6) is 0. The fraction of sp³-hybridized carbons (Fsp3) is 0.500. The number of halogens is 1. The van der Waals surface area contributed by atoms with E-state index in [1.807, 2.05) is 6.07 Å². The van der Waals surface area contributed by atoms with Gasteiger partial charge in [0.2, 0.25) is 0 Å². The number of hydrogen-bond donors (Lipinski definition) is 1. The van der Waals surface area contributed by atoms with E-state index in [9.17, 15) is 0 Å². The van der Waals surface area contributed by atoms with Crippen molar-refractivity contribution in [1.29, 1.82) is 0 Å². The smallest absolute Gasteiger partial charge is 0.0642 e. The second kappa shape index (κ2) is 9.46. The Labute approximate surface area is 104 Å². The standard InChI is InChI=1S/C12H20N2O.ClH/c1-2-14(9-11-15-10-8-13)12-6-4-3-5-7-12;/h3-7H,2,8-11,13H2,1H3;1H. The van der Waals surface area contributed by atoms with Crippen LogP contribution in [0.2, 0.25) is 0 Å². The molecular weight excluding hydrogens is 224 g/mol. The van der Waals surface area contributed by atoms with Gasteiger partial charge in [-0.2, -0.15) is 0 Å². The average molecular weight is 245 g/mol. The molecule has 0 saturated heterocycles. The molecule has 0 unspecified atom stereocenters. The van der Waals surface area contributed by atoms with Gasteiger partial charge in [0.05, 0.1) is 13.2 Å². The molecule has 0 fully saturated rings. The largest absolute Gasteiger partial charge is 0.378 e. The van der Waals surface area contributed by atoms with Crippen molar-refractivity contribution in [2.45, 2.75) is 6.92 Å². The van der Waals surface area contributed by atoms with Gasteiger partial charge in [0, 0.05) is 25.3 Å². The Morgan fingerprint density at radius 3 is 2.44 bits per heavy atom. The Morgan fingerprint density at radius 2 is 1.88 bits per heavy atom. The van der Waals surface area contributed by atoms with Gasteiger partial charge in [-0.1, -0.05) is 18.2 Å². The predicted octanol–water partition coefficient (Wildman–Crippen LogP) is 1.91. The molecule has 0 aliphatic carbocycles. The number of para-hydroxylation sites is 1. The van der Waals surface area contributed by atoms with Crippen molar-refractivity contribution in [2.24, 2.45) is 5.73 Å². The Balaban J connectivity index is 0.00000225. The first-order chi connectivity index (χ1) is 7.38. The van der Waals surface area contributed by atoms with Crippen molar-refractivity contribution >= 4 is 18.1 Å². The lowest BCUT2D eigenvalue weighted by atomic mass is 10.3. The summed E-state index contributed by atoms with van der Waals surface area (Å²) in [5, 5.41) is 0. The molecule has 16 heavy (non-hydrogen) atoms. The molecule has 1 aromatic rings. The Kier molecular flexibility index (Phi) is 9.00. The molecule has 0 bridgehead atoms. The van der Waals surface area contributed by atoms with Gasteiger partial charge in [0.15, 0.2) is 0 Å². The molecule has 1 aromatic carbocycles. The Morgan fingerprint density at radius 1 is 1.19 bits per heavy atom. The molecule has 0 aliphatic rings. The Bertz CT molecular complexity index is 256. The quantitative estimate of drug-likeness (QED) is 0.745. The third kappa shape index (κ3) is 5.35. The van der Waals surface area contributed by atoms with E-state index in [1.54, 1.807) is 0 Å². The fourth-order valence-electron chi connectivity index (χ4n) is 1.47. The highest BCUT2D eigenvalue weighted by atomic mass is 35.5. The summed E-state index contributed by atoms with van der Waals surface area (Å²) in [7, 11) is 0. The second-order valence-electron chi connectivity index (χ2n) is 3.32. The number of anilines is 1. The third-order valence-electron chi connectivity index (χ3n) is 2.27. The van der Waals surface area contributed by atoms with Gasteiger partial charge in [0.1, 0.15) is 0 Å². The van der Waals surface area contributed by atoms with E-state index in [0.29, 0.717) is 13.2 Å². The number of nitrogens with two attached hydrogens (primary N) is 1. The number of nitrogens with zero attached hydrogens (tertiary/aromatic N) is 1. The maximum atomic E-state index is 5.37. The number of benzene rings is 1. The molecular formula is C12H21ClN2O. The molecule has 0 saturated carbocycles. The Hall–Kier alpha value is -0.770. The lowest BCUT2D eigenvalue weighted by molar-refractivity contribution is 0.148. The highest BCUT2D eigenvalue weighted by molar-refractivity contribution is 5.85. The molecule has 0 aromatic heterocycles.